The van der Waals surface area contributed by atoms with E-state index in [2.05, 4.69) is 20.3 Å². The van der Waals surface area contributed by atoms with Gasteiger partial charge in [0.15, 0.2) is 11.4 Å². The molecule has 1 aliphatic rings. The van der Waals surface area contributed by atoms with Crippen LogP contribution in [0.3, 0.4) is 0 Å². The Morgan fingerprint density at radius 1 is 1.27 bits per heavy atom. The van der Waals surface area contributed by atoms with Crippen LogP contribution in [0, 0.1) is 27.3 Å². The molecule has 1 aromatic carbocycles. The van der Waals surface area contributed by atoms with Crippen molar-refractivity contribution in [3.05, 3.63) is 58.0 Å². The van der Waals surface area contributed by atoms with Crippen LogP contribution >= 0.6 is 0 Å². The van der Waals surface area contributed by atoms with Crippen LogP contribution in [-0.2, 0) is 6.54 Å². The Kier molecular flexibility index (Phi) is 3.96. The molecule has 0 amide bonds. The van der Waals surface area contributed by atoms with E-state index in [4.69, 9.17) is 16.4 Å². The van der Waals surface area contributed by atoms with Crippen molar-refractivity contribution < 1.29 is 4.74 Å². The zero-order valence-electron chi connectivity index (χ0n) is 15.1. The second-order valence-corrected chi connectivity index (χ2v) is 6.81. The average Bonchev–Trinajstić information content (AvgIpc) is 3.24. The number of aryl methyl sites for hydroxylation is 2. The van der Waals surface area contributed by atoms with Gasteiger partial charge in [-0.15, -0.1) is 0 Å². The molecule has 0 saturated heterocycles. The Hall–Kier alpha value is -3.14. The predicted octanol–water partition coefficient (Wildman–Crippen LogP) is 4.20. The molecule has 132 valence electrons. The van der Waals surface area contributed by atoms with Crippen LogP contribution in [-0.4, -0.2) is 25.2 Å². The highest BCUT2D eigenvalue weighted by atomic mass is 16.5. The molecule has 2 heterocycles. The van der Waals surface area contributed by atoms with Crippen molar-refractivity contribution in [2.24, 2.45) is 0 Å². The van der Waals surface area contributed by atoms with Gasteiger partial charge in [-0.25, -0.2) is 4.85 Å². The molecular formula is C19H20N6O. The normalized spacial score (nSPS) is 13.6. The minimum atomic E-state index is 0.465. The molecule has 0 unspecified atom stereocenters. The largest absolute Gasteiger partial charge is 0.454 e. The number of nitrogens with one attached hydrogen (secondary N) is 1. The molecule has 1 fully saturated rings. The molecule has 7 nitrogen and oxygen atoms in total. The summed E-state index contributed by atoms with van der Waals surface area (Å²) in [5.41, 5.74) is 5.36. The van der Waals surface area contributed by atoms with Crippen LogP contribution in [0.5, 0.6) is 11.5 Å². The Morgan fingerprint density at radius 2 is 2.00 bits per heavy atom. The van der Waals surface area contributed by atoms with Crippen molar-refractivity contribution in [3.63, 3.8) is 0 Å². The number of H-pyrrole nitrogens is 1. The lowest BCUT2D eigenvalue weighted by Gasteiger charge is -2.11. The molecule has 0 bridgehead atoms. The summed E-state index contributed by atoms with van der Waals surface area (Å²) in [6.45, 7) is 13.8. The standard InChI is InChI=1S/C19H20N6O/c1-11-7-16(8-12(2)17(11)20-4)26-19-13(3)25(10-15-9-21-24-22-15)23-18(19)14-5-6-14/h7-9,14H,5-6,10H2,1-3H3,(H,21,22,24). The Labute approximate surface area is 151 Å². The first-order chi connectivity index (χ1) is 12.6. The van der Waals surface area contributed by atoms with Crippen molar-refractivity contribution in [2.75, 3.05) is 0 Å². The highest BCUT2D eigenvalue weighted by Gasteiger charge is 2.32. The number of aromatic amines is 1. The second kappa shape index (κ2) is 6.30. The maximum absolute atomic E-state index is 7.30. The lowest BCUT2D eigenvalue weighted by Crippen LogP contribution is -2.04. The van der Waals surface area contributed by atoms with E-state index in [0.29, 0.717) is 18.2 Å². The first kappa shape index (κ1) is 16.3. The molecule has 2 aromatic heterocycles. The van der Waals surface area contributed by atoms with E-state index in [1.54, 1.807) is 6.20 Å². The van der Waals surface area contributed by atoms with Gasteiger partial charge in [-0.05, 0) is 56.9 Å². The van der Waals surface area contributed by atoms with Gasteiger partial charge in [0.05, 0.1) is 25.0 Å². The van der Waals surface area contributed by atoms with Gasteiger partial charge in [0.25, 0.3) is 0 Å². The summed E-state index contributed by atoms with van der Waals surface area (Å²) in [5, 5.41) is 15.4. The van der Waals surface area contributed by atoms with Crippen molar-refractivity contribution in [1.29, 1.82) is 0 Å². The summed E-state index contributed by atoms with van der Waals surface area (Å²) in [7, 11) is 0. The zero-order chi connectivity index (χ0) is 18.3. The average molecular weight is 348 g/mol. The van der Waals surface area contributed by atoms with Gasteiger partial charge >= 0.3 is 0 Å². The van der Waals surface area contributed by atoms with Gasteiger partial charge in [0.1, 0.15) is 17.1 Å². The topological polar surface area (TPSA) is 73.0 Å². The summed E-state index contributed by atoms with van der Waals surface area (Å²) in [6.07, 6.45) is 3.99. The number of aromatic nitrogens is 5. The summed E-state index contributed by atoms with van der Waals surface area (Å²) in [4.78, 5) is 3.60. The molecule has 0 radical (unpaired) electrons. The summed E-state index contributed by atoms with van der Waals surface area (Å²) in [6, 6.07) is 3.84. The molecule has 0 aliphatic heterocycles. The van der Waals surface area contributed by atoms with Crippen LogP contribution in [0.25, 0.3) is 4.85 Å². The molecule has 1 aliphatic carbocycles. The van der Waals surface area contributed by atoms with Crippen LogP contribution in [0.15, 0.2) is 18.3 Å². The van der Waals surface area contributed by atoms with E-state index in [1.807, 2.05) is 37.6 Å². The van der Waals surface area contributed by atoms with E-state index < -0.39 is 0 Å². The number of hydrogen-bond acceptors (Lipinski definition) is 4. The van der Waals surface area contributed by atoms with Gasteiger partial charge in [0.2, 0.25) is 0 Å². The summed E-state index contributed by atoms with van der Waals surface area (Å²) >= 11 is 0. The van der Waals surface area contributed by atoms with Crippen molar-refractivity contribution >= 4 is 5.69 Å². The summed E-state index contributed by atoms with van der Waals surface area (Å²) < 4.78 is 8.20. The number of ether oxygens (including phenoxy) is 1. The second-order valence-electron chi connectivity index (χ2n) is 6.81. The molecule has 1 saturated carbocycles. The molecule has 4 rings (SSSR count). The lowest BCUT2D eigenvalue weighted by molar-refractivity contribution is 0.470. The highest BCUT2D eigenvalue weighted by molar-refractivity contribution is 5.61. The number of rotatable bonds is 5. The molecular weight excluding hydrogens is 328 g/mol. The maximum Gasteiger partial charge on any atom is 0.193 e. The van der Waals surface area contributed by atoms with Gasteiger partial charge in [-0.2, -0.15) is 20.5 Å². The minimum absolute atomic E-state index is 0.465. The van der Waals surface area contributed by atoms with Crippen molar-refractivity contribution in [2.45, 2.75) is 46.1 Å². The fourth-order valence-electron chi connectivity index (χ4n) is 3.18. The quantitative estimate of drug-likeness (QED) is 0.702. The molecule has 3 aromatic rings. The zero-order valence-corrected chi connectivity index (χ0v) is 15.1. The van der Waals surface area contributed by atoms with Gasteiger partial charge in [-0.1, -0.05) is 0 Å². The van der Waals surface area contributed by atoms with Gasteiger partial charge in [0, 0.05) is 5.92 Å². The van der Waals surface area contributed by atoms with Gasteiger partial charge in [-0.3, -0.25) is 4.68 Å². The number of benzene rings is 1. The fraction of sp³-hybridized carbons (Fsp3) is 0.368. The Morgan fingerprint density at radius 3 is 2.58 bits per heavy atom. The molecule has 1 N–H and O–H groups in total. The van der Waals surface area contributed by atoms with Crippen molar-refractivity contribution in [1.82, 2.24) is 25.2 Å². The van der Waals surface area contributed by atoms with Crippen LogP contribution in [0.1, 0.15) is 47.0 Å². The van der Waals surface area contributed by atoms with E-state index in [1.165, 1.54) is 0 Å². The maximum atomic E-state index is 7.30. The number of nitrogens with zero attached hydrogens (tertiary/aromatic N) is 5. The third-order valence-corrected chi connectivity index (χ3v) is 4.71. The SMILES string of the molecule is [C-]#[N+]c1c(C)cc(Oc2c(C3CC3)nn(Cc3cn[nH]n3)c2C)cc1C. The third kappa shape index (κ3) is 2.94. The molecule has 26 heavy (non-hydrogen) atoms. The van der Waals surface area contributed by atoms with Crippen molar-refractivity contribution in [3.8, 4) is 11.5 Å². The number of hydrogen-bond donors (Lipinski definition) is 1. The van der Waals surface area contributed by atoms with E-state index in [-0.39, 0.29) is 0 Å². The molecule has 0 spiro atoms. The fourth-order valence-corrected chi connectivity index (χ4v) is 3.18. The summed E-state index contributed by atoms with van der Waals surface area (Å²) in [5.74, 6) is 2.04. The van der Waals surface area contributed by atoms with E-state index in [0.717, 1.165) is 52.5 Å². The smallest absolute Gasteiger partial charge is 0.193 e. The Balaban J connectivity index is 1.70. The van der Waals surface area contributed by atoms with E-state index >= 15 is 0 Å². The van der Waals surface area contributed by atoms with Crippen LogP contribution < -0.4 is 4.74 Å². The van der Waals surface area contributed by atoms with Crippen LogP contribution in [0.4, 0.5) is 5.69 Å². The Bertz CT molecular complexity index is 969. The third-order valence-electron chi connectivity index (χ3n) is 4.71. The molecule has 7 heteroatoms. The predicted molar refractivity (Wildman–Crippen MR) is 96.7 cm³/mol. The minimum Gasteiger partial charge on any atom is -0.454 e. The monoisotopic (exact) mass is 348 g/mol. The van der Waals surface area contributed by atoms with Gasteiger partial charge < -0.3 is 4.74 Å². The van der Waals surface area contributed by atoms with E-state index in [9.17, 15) is 0 Å². The lowest BCUT2D eigenvalue weighted by atomic mass is 10.1. The van der Waals surface area contributed by atoms with Crippen LogP contribution in [0.2, 0.25) is 0 Å². The molecule has 0 atom stereocenters. The highest BCUT2D eigenvalue weighted by Crippen LogP contribution is 2.46. The first-order valence-electron chi connectivity index (χ1n) is 8.65. The first-order valence-corrected chi connectivity index (χ1v) is 8.65.